The summed E-state index contributed by atoms with van der Waals surface area (Å²) in [5, 5.41) is 10.3. The van der Waals surface area contributed by atoms with Gasteiger partial charge in [0.25, 0.3) is 0 Å². The van der Waals surface area contributed by atoms with Crippen LogP contribution in [0.3, 0.4) is 0 Å². The number of hydrogen-bond acceptors (Lipinski definition) is 3. The van der Waals surface area contributed by atoms with Gasteiger partial charge in [-0.2, -0.15) is 0 Å². The molecule has 3 heteroatoms. The first-order valence-corrected chi connectivity index (χ1v) is 3.69. The molecule has 1 N–H and O–H groups in total. The Bertz CT molecular complexity index is 396. The number of phenolic OH excluding ortho intramolecular Hbond substituents is 1. The van der Waals surface area contributed by atoms with Crippen LogP contribution in [0.1, 0.15) is 0 Å². The first kappa shape index (κ1) is 9.19. The number of aromatic hydroxyl groups is 1. The van der Waals surface area contributed by atoms with Gasteiger partial charge in [-0.3, -0.25) is 4.98 Å². The smallest absolute Gasteiger partial charge is 0.141 e. The van der Waals surface area contributed by atoms with E-state index < -0.39 is 0 Å². The number of pyridine rings is 1. The first-order chi connectivity index (χ1) is 6.38. The Balaban J connectivity index is 0.000000396. The molecule has 0 aliphatic carbocycles. The highest BCUT2D eigenvalue weighted by Crippen LogP contribution is 2.20. The average molecular weight is 175 g/mol. The lowest BCUT2D eigenvalue weighted by molar-refractivity contribution is -0.0979. The normalized spacial score (nSPS) is 8.92. The van der Waals surface area contributed by atoms with E-state index in [0.717, 1.165) is 5.39 Å². The Morgan fingerprint density at radius 3 is 2.54 bits per heavy atom. The number of nitrogens with zero attached hydrogens (tertiary/aromatic N) is 1. The summed E-state index contributed by atoms with van der Waals surface area (Å²) in [6.07, 6.45) is 1.67. The topological polar surface area (TPSA) is 50.2 Å². The zero-order valence-electron chi connectivity index (χ0n) is 6.97. The molecule has 1 aromatic heterocycles. The van der Waals surface area contributed by atoms with E-state index in [9.17, 15) is 5.11 Å². The molecule has 1 aromatic carbocycles. The molecule has 0 aliphatic rings. The van der Waals surface area contributed by atoms with Gasteiger partial charge in [0.2, 0.25) is 0 Å². The fourth-order valence-corrected chi connectivity index (χ4v) is 1.09. The van der Waals surface area contributed by atoms with Crippen molar-refractivity contribution in [3.8, 4) is 5.75 Å². The Labute approximate surface area is 75.7 Å². The SMILES string of the molecule is C=O.Oc1cccc2cccnc12. The van der Waals surface area contributed by atoms with E-state index in [1.807, 2.05) is 25.0 Å². The minimum Gasteiger partial charge on any atom is -0.506 e. The lowest BCUT2D eigenvalue weighted by Crippen LogP contribution is -1.76. The van der Waals surface area contributed by atoms with E-state index in [2.05, 4.69) is 4.98 Å². The summed E-state index contributed by atoms with van der Waals surface area (Å²) in [5.41, 5.74) is 0.662. The number of aromatic nitrogens is 1. The Hall–Kier alpha value is -1.90. The summed E-state index contributed by atoms with van der Waals surface area (Å²) >= 11 is 0. The molecular formula is C10H9NO2. The Kier molecular flexibility index (Phi) is 2.97. The van der Waals surface area contributed by atoms with Gasteiger partial charge in [-0.25, -0.2) is 0 Å². The molecule has 3 nitrogen and oxygen atoms in total. The van der Waals surface area contributed by atoms with Gasteiger partial charge in [-0.15, -0.1) is 0 Å². The lowest BCUT2D eigenvalue weighted by atomic mass is 10.2. The molecule has 0 spiro atoms. The van der Waals surface area contributed by atoms with Crippen LogP contribution in [0.25, 0.3) is 10.9 Å². The maximum Gasteiger partial charge on any atom is 0.141 e. The molecule has 0 bridgehead atoms. The summed E-state index contributed by atoms with van der Waals surface area (Å²) in [6.45, 7) is 2.00. The van der Waals surface area contributed by atoms with E-state index >= 15 is 0 Å². The van der Waals surface area contributed by atoms with Crippen LogP contribution in [0.2, 0.25) is 0 Å². The van der Waals surface area contributed by atoms with Crippen molar-refractivity contribution >= 4 is 17.7 Å². The Morgan fingerprint density at radius 2 is 1.85 bits per heavy atom. The van der Waals surface area contributed by atoms with Crippen molar-refractivity contribution in [3.05, 3.63) is 36.5 Å². The fraction of sp³-hybridized carbons (Fsp3) is 0. The average Bonchev–Trinajstić information content (AvgIpc) is 2.22. The molecule has 0 aliphatic heterocycles. The third-order valence-corrected chi connectivity index (χ3v) is 1.61. The zero-order valence-corrected chi connectivity index (χ0v) is 6.97. The van der Waals surface area contributed by atoms with Crippen LogP contribution >= 0.6 is 0 Å². The maximum absolute atomic E-state index is 9.31. The van der Waals surface area contributed by atoms with Gasteiger partial charge in [0.1, 0.15) is 18.1 Å². The van der Waals surface area contributed by atoms with Gasteiger partial charge >= 0.3 is 0 Å². The fourth-order valence-electron chi connectivity index (χ4n) is 1.09. The molecule has 2 rings (SSSR count). The first-order valence-electron chi connectivity index (χ1n) is 3.69. The van der Waals surface area contributed by atoms with Gasteiger partial charge in [0.15, 0.2) is 0 Å². The summed E-state index contributed by atoms with van der Waals surface area (Å²) in [4.78, 5) is 12.0. The number of carbonyl (C=O) groups is 1. The van der Waals surface area contributed by atoms with Crippen LogP contribution in [0.4, 0.5) is 0 Å². The highest BCUT2D eigenvalue weighted by atomic mass is 16.3. The predicted octanol–water partition coefficient (Wildman–Crippen LogP) is 1.76. The van der Waals surface area contributed by atoms with Crippen molar-refractivity contribution in [2.75, 3.05) is 0 Å². The van der Waals surface area contributed by atoms with Crippen LogP contribution in [0, 0.1) is 0 Å². The second kappa shape index (κ2) is 4.21. The van der Waals surface area contributed by atoms with Gasteiger partial charge in [0, 0.05) is 11.6 Å². The van der Waals surface area contributed by atoms with Gasteiger partial charge in [-0.05, 0) is 12.1 Å². The van der Waals surface area contributed by atoms with E-state index in [1.165, 1.54) is 0 Å². The van der Waals surface area contributed by atoms with Crippen LogP contribution in [-0.4, -0.2) is 16.9 Å². The third kappa shape index (κ3) is 1.82. The molecule has 0 atom stereocenters. The van der Waals surface area contributed by atoms with E-state index in [0.29, 0.717) is 5.52 Å². The highest BCUT2D eigenvalue weighted by Gasteiger charge is 1.96. The molecule has 0 unspecified atom stereocenters. The minimum atomic E-state index is 0.239. The van der Waals surface area contributed by atoms with Crippen LogP contribution in [-0.2, 0) is 4.79 Å². The summed E-state index contributed by atoms with van der Waals surface area (Å²) < 4.78 is 0. The van der Waals surface area contributed by atoms with Crippen molar-refractivity contribution in [1.29, 1.82) is 0 Å². The molecule has 2 aromatic rings. The van der Waals surface area contributed by atoms with Crippen molar-refractivity contribution in [2.24, 2.45) is 0 Å². The van der Waals surface area contributed by atoms with Crippen molar-refractivity contribution in [1.82, 2.24) is 4.98 Å². The monoisotopic (exact) mass is 175 g/mol. The number of carbonyl (C=O) groups excluding carboxylic acids is 1. The number of rotatable bonds is 0. The molecule has 66 valence electrons. The van der Waals surface area contributed by atoms with Crippen molar-refractivity contribution in [2.45, 2.75) is 0 Å². The maximum atomic E-state index is 9.31. The number of hydrogen-bond donors (Lipinski definition) is 1. The third-order valence-electron chi connectivity index (χ3n) is 1.61. The summed E-state index contributed by atoms with van der Waals surface area (Å²) in [6, 6.07) is 9.13. The van der Waals surface area contributed by atoms with Crippen molar-refractivity contribution < 1.29 is 9.90 Å². The predicted molar refractivity (Wildman–Crippen MR) is 50.5 cm³/mol. The second-order valence-corrected chi connectivity index (χ2v) is 2.35. The van der Waals surface area contributed by atoms with Crippen LogP contribution < -0.4 is 0 Å². The summed E-state index contributed by atoms with van der Waals surface area (Å²) in [7, 11) is 0. The van der Waals surface area contributed by atoms with E-state index in [-0.39, 0.29) is 5.75 Å². The molecular weight excluding hydrogens is 166 g/mol. The number of fused-ring (bicyclic) bond motifs is 1. The lowest BCUT2D eigenvalue weighted by Gasteiger charge is -1.96. The van der Waals surface area contributed by atoms with Gasteiger partial charge in [0.05, 0.1) is 0 Å². The number of phenols is 1. The molecule has 0 saturated carbocycles. The van der Waals surface area contributed by atoms with Gasteiger partial charge < -0.3 is 9.90 Å². The highest BCUT2D eigenvalue weighted by molar-refractivity contribution is 5.83. The molecule has 0 radical (unpaired) electrons. The molecule has 1 heterocycles. The van der Waals surface area contributed by atoms with E-state index in [4.69, 9.17) is 4.79 Å². The molecule has 13 heavy (non-hydrogen) atoms. The van der Waals surface area contributed by atoms with Gasteiger partial charge in [-0.1, -0.05) is 18.2 Å². The second-order valence-electron chi connectivity index (χ2n) is 2.35. The minimum absolute atomic E-state index is 0.239. The number of benzene rings is 1. The zero-order chi connectivity index (χ0) is 9.68. The molecule has 0 saturated heterocycles. The van der Waals surface area contributed by atoms with Crippen LogP contribution in [0.15, 0.2) is 36.5 Å². The van der Waals surface area contributed by atoms with Crippen LogP contribution in [0.5, 0.6) is 5.75 Å². The molecule has 0 amide bonds. The largest absolute Gasteiger partial charge is 0.506 e. The van der Waals surface area contributed by atoms with Crippen molar-refractivity contribution in [3.63, 3.8) is 0 Å². The quantitative estimate of drug-likeness (QED) is 0.663. The standard InChI is InChI=1S/C9H7NO.CH2O/c11-8-5-1-3-7-4-2-6-10-9(7)8;1-2/h1-6,11H;1H2. The number of para-hydroxylation sites is 1. The summed E-state index contributed by atoms with van der Waals surface area (Å²) in [5.74, 6) is 0.239. The van der Waals surface area contributed by atoms with E-state index in [1.54, 1.807) is 18.3 Å². The molecule has 0 fully saturated rings. The Morgan fingerprint density at radius 1 is 1.15 bits per heavy atom.